The third kappa shape index (κ3) is 3.64. The number of aliphatic imine (C=N–C) groups is 1. The molecule has 0 spiro atoms. The molecule has 2 aromatic rings. The second-order valence-corrected chi connectivity index (χ2v) is 7.35. The molecule has 0 saturated heterocycles. The van der Waals surface area contributed by atoms with Gasteiger partial charge in [0.25, 0.3) is 0 Å². The Hall–Kier alpha value is -1.66. The van der Waals surface area contributed by atoms with E-state index in [2.05, 4.69) is 4.99 Å². The summed E-state index contributed by atoms with van der Waals surface area (Å²) in [5, 5.41) is 10.5. The van der Waals surface area contributed by atoms with Gasteiger partial charge in [-0.2, -0.15) is 0 Å². The fourth-order valence-electron chi connectivity index (χ4n) is 2.96. The van der Waals surface area contributed by atoms with Crippen molar-refractivity contribution in [2.45, 2.75) is 38.1 Å². The van der Waals surface area contributed by atoms with Gasteiger partial charge in [-0.3, -0.25) is 9.56 Å². The molecule has 6 heteroatoms. The van der Waals surface area contributed by atoms with E-state index in [1.165, 1.54) is 30.6 Å². The van der Waals surface area contributed by atoms with Crippen LogP contribution < -0.4 is 4.74 Å². The Bertz CT molecular complexity index is 758. The molecule has 1 N–H and O–H groups in total. The van der Waals surface area contributed by atoms with Gasteiger partial charge in [-0.25, -0.2) is 0 Å². The van der Waals surface area contributed by atoms with Gasteiger partial charge in [0.05, 0.1) is 19.0 Å². The van der Waals surface area contributed by atoms with Crippen LogP contribution in [0.5, 0.6) is 11.6 Å². The molecule has 1 aliphatic rings. The molecular formula is C17H20N2O2S2. The summed E-state index contributed by atoms with van der Waals surface area (Å²) in [4.78, 5) is 5.14. The van der Waals surface area contributed by atoms with Crippen LogP contribution in [0.25, 0.3) is 0 Å². The number of methoxy groups -OCH3 is 1. The monoisotopic (exact) mass is 348 g/mol. The van der Waals surface area contributed by atoms with Crippen LogP contribution in [-0.2, 0) is 0 Å². The van der Waals surface area contributed by atoms with E-state index in [9.17, 15) is 5.11 Å². The molecule has 23 heavy (non-hydrogen) atoms. The van der Waals surface area contributed by atoms with Crippen molar-refractivity contribution in [3.63, 3.8) is 0 Å². The summed E-state index contributed by atoms with van der Waals surface area (Å²) in [5.74, 6) is 1.01. The van der Waals surface area contributed by atoms with Gasteiger partial charge in [0.2, 0.25) is 5.88 Å². The van der Waals surface area contributed by atoms with Crippen LogP contribution in [0.4, 0.5) is 5.69 Å². The van der Waals surface area contributed by atoms with Gasteiger partial charge in [-0.15, -0.1) is 0 Å². The highest BCUT2D eigenvalue weighted by atomic mass is 32.1. The first-order chi connectivity index (χ1) is 11.2. The fraction of sp³-hybridized carbons (Fsp3) is 0.412. The number of hydrogen-bond acceptors (Lipinski definition) is 5. The molecule has 0 aliphatic heterocycles. The van der Waals surface area contributed by atoms with Crippen LogP contribution in [0.1, 0.15) is 43.0 Å². The lowest BCUT2D eigenvalue weighted by Crippen LogP contribution is -2.12. The molecule has 1 aliphatic carbocycles. The molecule has 0 unspecified atom stereocenters. The summed E-state index contributed by atoms with van der Waals surface area (Å²) >= 11 is 6.86. The van der Waals surface area contributed by atoms with Crippen molar-refractivity contribution < 1.29 is 9.84 Å². The van der Waals surface area contributed by atoms with Crippen LogP contribution >= 0.6 is 23.6 Å². The van der Waals surface area contributed by atoms with Crippen molar-refractivity contribution in [2.75, 3.05) is 7.11 Å². The minimum atomic E-state index is 0.249. The number of rotatable bonds is 4. The SMILES string of the molecule is COc1cccc(N=Cc2sc(=S)n(C3CCCCC3)c2O)c1. The highest BCUT2D eigenvalue weighted by Crippen LogP contribution is 2.36. The molecular weight excluding hydrogens is 328 g/mol. The third-order valence-corrected chi connectivity index (χ3v) is 5.49. The number of thiazole rings is 1. The lowest BCUT2D eigenvalue weighted by atomic mass is 9.95. The lowest BCUT2D eigenvalue weighted by molar-refractivity contribution is 0.312. The quantitative estimate of drug-likeness (QED) is 0.606. The minimum Gasteiger partial charge on any atom is -0.497 e. The van der Waals surface area contributed by atoms with Crippen molar-refractivity contribution in [1.82, 2.24) is 4.57 Å². The molecule has 1 aromatic heterocycles. The standard InChI is InChI=1S/C17H20N2O2S2/c1-21-14-9-5-6-12(10-14)18-11-15-16(20)19(17(22)23-15)13-7-3-2-4-8-13/h5-6,9-11,13,20H,2-4,7-8H2,1H3. The second-order valence-electron chi connectivity index (χ2n) is 5.68. The van der Waals surface area contributed by atoms with Gasteiger partial charge in [0.1, 0.15) is 10.6 Å². The molecule has 122 valence electrons. The van der Waals surface area contributed by atoms with Crippen LogP contribution in [0.3, 0.4) is 0 Å². The molecule has 0 bridgehead atoms. The van der Waals surface area contributed by atoms with Gasteiger partial charge >= 0.3 is 0 Å². The predicted molar refractivity (Wildman–Crippen MR) is 97.2 cm³/mol. The van der Waals surface area contributed by atoms with Gasteiger partial charge in [0, 0.05) is 12.1 Å². The first-order valence-electron chi connectivity index (χ1n) is 7.81. The van der Waals surface area contributed by atoms with Gasteiger partial charge in [-0.1, -0.05) is 36.7 Å². The Balaban J connectivity index is 1.85. The molecule has 0 amide bonds. The maximum absolute atomic E-state index is 10.5. The zero-order chi connectivity index (χ0) is 16.2. The third-order valence-electron chi connectivity index (χ3n) is 4.17. The van der Waals surface area contributed by atoms with Gasteiger partial charge in [-0.05, 0) is 37.2 Å². The molecule has 1 heterocycles. The Kier molecular flexibility index (Phi) is 5.13. The summed E-state index contributed by atoms with van der Waals surface area (Å²) in [6.07, 6.45) is 7.54. The van der Waals surface area contributed by atoms with Crippen LogP contribution in [-0.4, -0.2) is 23.0 Å². The van der Waals surface area contributed by atoms with Crippen molar-refractivity contribution in [3.05, 3.63) is 33.1 Å². The van der Waals surface area contributed by atoms with Crippen LogP contribution in [0.15, 0.2) is 29.3 Å². The van der Waals surface area contributed by atoms with Crippen molar-refractivity contribution in [3.8, 4) is 11.6 Å². The number of aromatic nitrogens is 1. The Labute approximate surface area is 145 Å². The maximum Gasteiger partial charge on any atom is 0.212 e. The number of hydrogen-bond donors (Lipinski definition) is 1. The maximum atomic E-state index is 10.5. The fourth-order valence-corrected chi connectivity index (χ4v) is 4.29. The van der Waals surface area contributed by atoms with Crippen molar-refractivity contribution in [2.24, 2.45) is 4.99 Å². The number of nitrogens with zero attached hydrogens (tertiary/aromatic N) is 2. The van der Waals surface area contributed by atoms with E-state index in [0.29, 0.717) is 10.9 Å². The van der Waals surface area contributed by atoms with E-state index >= 15 is 0 Å². The summed E-state index contributed by atoms with van der Waals surface area (Å²) < 4.78 is 7.82. The smallest absolute Gasteiger partial charge is 0.212 e. The summed E-state index contributed by atoms with van der Waals surface area (Å²) in [6.45, 7) is 0. The normalized spacial score (nSPS) is 16.0. The number of ether oxygens (including phenoxy) is 1. The second kappa shape index (κ2) is 7.27. The largest absolute Gasteiger partial charge is 0.497 e. The summed E-state index contributed by atoms with van der Waals surface area (Å²) in [5.41, 5.74) is 0.785. The average molecular weight is 348 g/mol. The zero-order valence-corrected chi connectivity index (χ0v) is 14.7. The van der Waals surface area contributed by atoms with Crippen LogP contribution in [0.2, 0.25) is 0 Å². The first-order valence-corrected chi connectivity index (χ1v) is 9.04. The Morgan fingerprint density at radius 1 is 1.35 bits per heavy atom. The van der Waals surface area contributed by atoms with Crippen LogP contribution in [0, 0.1) is 3.95 Å². The zero-order valence-electron chi connectivity index (χ0n) is 13.1. The molecule has 0 atom stereocenters. The van der Waals surface area contributed by atoms with Gasteiger partial charge < -0.3 is 9.84 Å². The first kappa shape index (κ1) is 16.2. The van der Waals surface area contributed by atoms with Crippen molar-refractivity contribution >= 4 is 35.5 Å². The number of benzene rings is 1. The van der Waals surface area contributed by atoms with E-state index in [-0.39, 0.29) is 5.88 Å². The van der Waals surface area contributed by atoms with E-state index in [1.54, 1.807) is 13.3 Å². The van der Waals surface area contributed by atoms with E-state index in [4.69, 9.17) is 17.0 Å². The van der Waals surface area contributed by atoms with E-state index < -0.39 is 0 Å². The van der Waals surface area contributed by atoms with E-state index in [0.717, 1.165) is 28.2 Å². The lowest BCUT2D eigenvalue weighted by Gasteiger charge is -2.23. The predicted octanol–water partition coefficient (Wildman–Crippen LogP) is 5.25. The van der Waals surface area contributed by atoms with E-state index in [1.807, 2.05) is 28.8 Å². The highest BCUT2D eigenvalue weighted by Gasteiger charge is 2.21. The summed E-state index contributed by atoms with van der Waals surface area (Å²) in [7, 11) is 1.63. The Morgan fingerprint density at radius 2 is 2.13 bits per heavy atom. The molecule has 3 rings (SSSR count). The molecule has 1 saturated carbocycles. The number of aromatic hydroxyl groups is 1. The molecule has 1 aromatic carbocycles. The van der Waals surface area contributed by atoms with Crippen molar-refractivity contribution in [1.29, 1.82) is 0 Å². The Morgan fingerprint density at radius 3 is 2.87 bits per heavy atom. The topological polar surface area (TPSA) is 46.8 Å². The van der Waals surface area contributed by atoms with Gasteiger partial charge in [0.15, 0.2) is 3.95 Å². The minimum absolute atomic E-state index is 0.249. The molecule has 1 fully saturated rings. The summed E-state index contributed by atoms with van der Waals surface area (Å²) in [6, 6.07) is 7.84. The average Bonchev–Trinajstić information content (AvgIpc) is 2.88. The molecule has 0 radical (unpaired) electrons. The highest BCUT2D eigenvalue weighted by molar-refractivity contribution is 7.73. The molecule has 4 nitrogen and oxygen atoms in total.